The molecule has 1 aliphatic heterocycles. The second-order valence-electron chi connectivity index (χ2n) is 5.64. The second-order valence-corrected chi connectivity index (χ2v) is 6.75. The number of amides is 2. The fraction of sp³-hybridized carbons (Fsp3) is 0.278. The molecule has 0 saturated heterocycles. The standard InChI is InChI=1S/C18H17N3O4S/c1-24-12-5-3-11(4-6-12)16(22)20-17-14(9-19)13-7-8-21(18(23)25-2)10-15(13)26-17/h3-6H,7-8,10H2,1-2H3,(H,20,22). The van der Waals surface area contributed by atoms with E-state index in [2.05, 4.69) is 11.4 Å². The van der Waals surface area contributed by atoms with Crippen LogP contribution in [0, 0.1) is 11.3 Å². The van der Waals surface area contributed by atoms with Crippen LogP contribution in [0.2, 0.25) is 0 Å². The molecule has 1 aromatic carbocycles. The molecule has 2 heterocycles. The van der Waals surface area contributed by atoms with Gasteiger partial charge in [0.1, 0.15) is 16.8 Å². The summed E-state index contributed by atoms with van der Waals surface area (Å²) in [4.78, 5) is 26.7. The van der Waals surface area contributed by atoms with E-state index < -0.39 is 6.09 Å². The minimum atomic E-state index is -0.397. The number of carbonyl (C=O) groups excluding carboxylic acids is 2. The molecule has 26 heavy (non-hydrogen) atoms. The van der Waals surface area contributed by atoms with Crippen LogP contribution in [-0.2, 0) is 17.7 Å². The van der Waals surface area contributed by atoms with Gasteiger partial charge in [-0.05, 0) is 36.2 Å². The van der Waals surface area contributed by atoms with Crippen molar-refractivity contribution in [3.8, 4) is 11.8 Å². The Morgan fingerprint density at radius 2 is 2.00 bits per heavy atom. The highest BCUT2D eigenvalue weighted by Gasteiger charge is 2.28. The lowest BCUT2D eigenvalue weighted by Crippen LogP contribution is -2.35. The quantitative estimate of drug-likeness (QED) is 0.895. The van der Waals surface area contributed by atoms with Crippen molar-refractivity contribution in [2.24, 2.45) is 0 Å². The number of anilines is 1. The molecule has 1 aromatic heterocycles. The van der Waals surface area contributed by atoms with E-state index in [0.29, 0.717) is 41.4 Å². The van der Waals surface area contributed by atoms with Gasteiger partial charge in [-0.1, -0.05) is 0 Å². The number of nitrogens with zero attached hydrogens (tertiary/aromatic N) is 2. The second kappa shape index (κ2) is 7.45. The Bertz CT molecular complexity index is 883. The van der Waals surface area contributed by atoms with Crippen molar-refractivity contribution in [1.29, 1.82) is 5.26 Å². The normalized spacial score (nSPS) is 12.7. The van der Waals surface area contributed by atoms with Crippen molar-refractivity contribution < 1.29 is 19.1 Å². The van der Waals surface area contributed by atoms with Gasteiger partial charge in [-0.3, -0.25) is 4.79 Å². The Hall–Kier alpha value is -3.05. The molecule has 0 bridgehead atoms. The molecule has 0 fully saturated rings. The van der Waals surface area contributed by atoms with Crippen LogP contribution >= 0.6 is 11.3 Å². The molecule has 7 nitrogen and oxygen atoms in total. The van der Waals surface area contributed by atoms with Crippen LogP contribution in [-0.4, -0.2) is 37.7 Å². The Labute approximate surface area is 154 Å². The zero-order chi connectivity index (χ0) is 18.7. The highest BCUT2D eigenvalue weighted by molar-refractivity contribution is 7.16. The molecule has 3 rings (SSSR count). The third-order valence-corrected chi connectivity index (χ3v) is 5.31. The molecule has 1 N–H and O–H groups in total. The van der Waals surface area contributed by atoms with E-state index in [1.165, 1.54) is 18.4 Å². The number of ether oxygens (including phenoxy) is 2. The SMILES string of the molecule is COC(=O)N1CCc2c(sc(NC(=O)c3ccc(OC)cc3)c2C#N)C1. The highest BCUT2D eigenvalue weighted by atomic mass is 32.1. The molecular formula is C18H17N3O4S. The number of hydrogen-bond donors (Lipinski definition) is 1. The van der Waals surface area contributed by atoms with Crippen LogP contribution in [0.1, 0.15) is 26.4 Å². The monoisotopic (exact) mass is 371 g/mol. The molecule has 2 amide bonds. The van der Waals surface area contributed by atoms with E-state index >= 15 is 0 Å². The Balaban J connectivity index is 1.82. The largest absolute Gasteiger partial charge is 0.497 e. The summed E-state index contributed by atoms with van der Waals surface area (Å²) in [6.45, 7) is 0.858. The van der Waals surface area contributed by atoms with Crippen molar-refractivity contribution in [2.75, 3.05) is 26.1 Å². The van der Waals surface area contributed by atoms with E-state index in [1.807, 2.05) is 0 Å². The molecule has 134 valence electrons. The Morgan fingerprint density at radius 1 is 1.27 bits per heavy atom. The molecule has 0 aliphatic carbocycles. The first-order valence-electron chi connectivity index (χ1n) is 7.90. The lowest BCUT2D eigenvalue weighted by atomic mass is 10.0. The highest BCUT2D eigenvalue weighted by Crippen LogP contribution is 2.37. The van der Waals surface area contributed by atoms with Crippen molar-refractivity contribution in [1.82, 2.24) is 4.90 Å². The third kappa shape index (κ3) is 3.34. The number of rotatable bonds is 3. The van der Waals surface area contributed by atoms with Gasteiger partial charge in [0.2, 0.25) is 0 Å². The van der Waals surface area contributed by atoms with Gasteiger partial charge in [0.05, 0.1) is 26.3 Å². The zero-order valence-corrected chi connectivity index (χ0v) is 15.2. The maximum Gasteiger partial charge on any atom is 0.409 e. The first-order valence-corrected chi connectivity index (χ1v) is 8.72. The van der Waals surface area contributed by atoms with Gasteiger partial charge in [0, 0.05) is 17.0 Å². The fourth-order valence-corrected chi connectivity index (χ4v) is 4.02. The Morgan fingerprint density at radius 3 is 2.62 bits per heavy atom. The van der Waals surface area contributed by atoms with Crippen molar-refractivity contribution in [3.05, 3.63) is 45.8 Å². The molecule has 2 aromatic rings. The minimum absolute atomic E-state index is 0.299. The predicted molar refractivity (Wildman–Crippen MR) is 96.5 cm³/mol. The van der Waals surface area contributed by atoms with Crippen LogP contribution in [0.25, 0.3) is 0 Å². The van der Waals surface area contributed by atoms with Crippen molar-refractivity contribution in [2.45, 2.75) is 13.0 Å². The van der Waals surface area contributed by atoms with Gasteiger partial charge in [-0.25, -0.2) is 4.79 Å². The summed E-state index contributed by atoms with van der Waals surface area (Å²) in [6.07, 6.45) is 0.161. The van der Waals surface area contributed by atoms with E-state index in [-0.39, 0.29) is 5.91 Å². The summed E-state index contributed by atoms with van der Waals surface area (Å²) in [5.41, 5.74) is 1.83. The van der Waals surface area contributed by atoms with Crippen molar-refractivity contribution in [3.63, 3.8) is 0 Å². The average Bonchev–Trinajstić information content (AvgIpc) is 3.03. The summed E-state index contributed by atoms with van der Waals surface area (Å²) in [5, 5.41) is 12.8. The molecule has 0 spiro atoms. The molecule has 0 atom stereocenters. The molecule has 0 unspecified atom stereocenters. The minimum Gasteiger partial charge on any atom is -0.497 e. The fourth-order valence-electron chi connectivity index (χ4n) is 2.81. The van der Waals surface area contributed by atoms with Gasteiger partial charge in [-0.2, -0.15) is 5.26 Å². The first kappa shape index (κ1) is 17.8. The van der Waals surface area contributed by atoms with Crippen LogP contribution < -0.4 is 10.1 Å². The van der Waals surface area contributed by atoms with Gasteiger partial charge in [0.15, 0.2) is 0 Å². The summed E-state index contributed by atoms with van der Waals surface area (Å²) >= 11 is 1.32. The average molecular weight is 371 g/mol. The van der Waals surface area contributed by atoms with Crippen LogP contribution in [0.5, 0.6) is 5.75 Å². The van der Waals surface area contributed by atoms with E-state index in [9.17, 15) is 14.9 Å². The molecular weight excluding hydrogens is 354 g/mol. The van der Waals surface area contributed by atoms with Gasteiger partial charge in [-0.15, -0.1) is 11.3 Å². The van der Waals surface area contributed by atoms with Crippen LogP contribution in [0.15, 0.2) is 24.3 Å². The molecule has 0 radical (unpaired) electrons. The van der Waals surface area contributed by atoms with Gasteiger partial charge < -0.3 is 19.7 Å². The number of methoxy groups -OCH3 is 2. The lowest BCUT2D eigenvalue weighted by Gasteiger charge is -2.25. The Kier molecular flexibility index (Phi) is 5.09. The zero-order valence-electron chi connectivity index (χ0n) is 14.4. The van der Waals surface area contributed by atoms with E-state index in [0.717, 1.165) is 10.4 Å². The summed E-state index contributed by atoms with van der Waals surface area (Å²) < 4.78 is 9.84. The maximum atomic E-state index is 12.5. The van der Waals surface area contributed by atoms with Crippen LogP contribution in [0.3, 0.4) is 0 Å². The molecule has 0 saturated carbocycles. The van der Waals surface area contributed by atoms with Crippen LogP contribution in [0.4, 0.5) is 9.80 Å². The number of fused-ring (bicyclic) bond motifs is 1. The van der Waals surface area contributed by atoms with E-state index in [4.69, 9.17) is 9.47 Å². The number of carbonyl (C=O) groups is 2. The summed E-state index contributed by atoms with van der Waals surface area (Å²) in [7, 11) is 2.90. The predicted octanol–water partition coefficient (Wildman–Crippen LogP) is 3.01. The lowest BCUT2D eigenvalue weighted by molar-refractivity contribution is 0.102. The number of nitriles is 1. The molecule has 8 heteroatoms. The van der Waals surface area contributed by atoms with Gasteiger partial charge in [0.25, 0.3) is 5.91 Å². The van der Waals surface area contributed by atoms with E-state index in [1.54, 1.807) is 36.3 Å². The number of nitrogens with one attached hydrogen (secondary N) is 1. The van der Waals surface area contributed by atoms with Gasteiger partial charge >= 0.3 is 6.09 Å². The molecule has 1 aliphatic rings. The number of benzene rings is 1. The smallest absolute Gasteiger partial charge is 0.409 e. The maximum absolute atomic E-state index is 12.5. The number of hydrogen-bond acceptors (Lipinski definition) is 6. The summed E-state index contributed by atoms with van der Waals surface area (Å²) in [6, 6.07) is 8.90. The topological polar surface area (TPSA) is 91.7 Å². The number of thiophene rings is 1. The third-order valence-electron chi connectivity index (χ3n) is 4.18. The first-order chi connectivity index (χ1) is 12.6. The van der Waals surface area contributed by atoms with Crippen molar-refractivity contribution >= 4 is 28.3 Å². The summed E-state index contributed by atoms with van der Waals surface area (Å²) in [5.74, 6) is 0.362.